The summed E-state index contributed by atoms with van der Waals surface area (Å²) in [5, 5.41) is 10.8. The number of rotatable bonds is 3. The molecule has 1 aromatic carbocycles. The minimum atomic E-state index is -1.10. The second kappa shape index (κ2) is 5.81. The number of aliphatic hydroxyl groups is 1. The van der Waals surface area contributed by atoms with Crippen LogP contribution in [0.1, 0.15) is 32.3 Å². The van der Waals surface area contributed by atoms with E-state index in [-0.39, 0.29) is 12.5 Å². The number of anilines is 1. The Balaban J connectivity index is 2.64. The third-order valence-electron chi connectivity index (χ3n) is 3.76. The molecule has 0 aliphatic carbocycles. The number of amides is 1. The zero-order chi connectivity index (χ0) is 14.8. The van der Waals surface area contributed by atoms with Crippen molar-refractivity contribution in [1.82, 2.24) is 0 Å². The quantitative estimate of drug-likeness (QED) is 0.876. The summed E-state index contributed by atoms with van der Waals surface area (Å²) >= 11 is 0. The summed E-state index contributed by atoms with van der Waals surface area (Å²) < 4.78 is 5.63. The van der Waals surface area contributed by atoms with Crippen LogP contribution in [0.5, 0.6) is 5.75 Å². The number of nitrogens with two attached hydrogens (primary N) is 1. The zero-order valence-corrected chi connectivity index (χ0v) is 12.1. The van der Waals surface area contributed by atoms with E-state index in [1.165, 1.54) is 6.92 Å². The predicted molar refractivity (Wildman–Crippen MR) is 77.8 cm³/mol. The smallest absolute Gasteiger partial charge is 0.223 e. The number of nitrogens with zero attached hydrogens (tertiary/aromatic N) is 1. The van der Waals surface area contributed by atoms with E-state index in [4.69, 9.17) is 10.5 Å². The van der Waals surface area contributed by atoms with Crippen molar-refractivity contribution in [3.05, 3.63) is 23.8 Å². The van der Waals surface area contributed by atoms with Gasteiger partial charge in [0.2, 0.25) is 5.91 Å². The van der Waals surface area contributed by atoms with Crippen molar-refractivity contribution < 1.29 is 14.6 Å². The van der Waals surface area contributed by atoms with Crippen LogP contribution in [0.15, 0.2) is 18.2 Å². The van der Waals surface area contributed by atoms with Gasteiger partial charge in [-0.2, -0.15) is 0 Å². The fraction of sp³-hybridized carbons (Fsp3) is 0.533. The minimum absolute atomic E-state index is 0.0559. The summed E-state index contributed by atoms with van der Waals surface area (Å²) in [7, 11) is 0. The van der Waals surface area contributed by atoms with Crippen molar-refractivity contribution in [3.63, 3.8) is 0 Å². The normalized spacial score (nSPS) is 22.1. The van der Waals surface area contributed by atoms with Crippen LogP contribution in [0.2, 0.25) is 0 Å². The fourth-order valence-corrected chi connectivity index (χ4v) is 2.75. The van der Waals surface area contributed by atoms with Gasteiger partial charge in [0.15, 0.2) is 0 Å². The summed E-state index contributed by atoms with van der Waals surface area (Å²) in [5.41, 5.74) is 6.01. The molecule has 1 amide bonds. The van der Waals surface area contributed by atoms with E-state index in [1.807, 2.05) is 25.1 Å². The topological polar surface area (TPSA) is 75.8 Å². The molecule has 1 aliphatic rings. The van der Waals surface area contributed by atoms with E-state index in [2.05, 4.69) is 0 Å². The number of hydrogen-bond donors (Lipinski definition) is 2. The Morgan fingerprint density at radius 2 is 2.30 bits per heavy atom. The molecule has 5 nitrogen and oxygen atoms in total. The van der Waals surface area contributed by atoms with Crippen molar-refractivity contribution in [2.75, 3.05) is 24.6 Å². The lowest BCUT2D eigenvalue weighted by Crippen LogP contribution is -2.35. The standard InChI is InChI=1S/C15H22N2O3/c1-3-20-13-7-4-6-12-14(13)17(11(2)18)9-5-8-15(12,19)10-16/h4,6-7,19H,3,5,8-10,16H2,1-2H3. The molecule has 5 heteroatoms. The second-order valence-corrected chi connectivity index (χ2v) is 5.10. The van der Waals surface area contributed by atoms with Crippen LogP contribution < -0.4 is 15.4 Å². The number of hydrogen-bond acceptors (Lipinski definition) is 4. The summed E-state index contributed by atoms with van der Waals surface area (Å²) in [4.78, 5) is 13.6. The van der Waals surface area contributed by atoms with Crippen LogP contribution in [0.4, 0.5) is 5.69 Å². The Bertz CT molecular complexity index is 504. The maximum atomic E-state index is 11.9. The fourth-order valence-electron chi connectivity index (χ4n) is 2.75. The highest BCUT2D eigenvalue weighted by molar-refractivity contribution is 5.94. The maximum Gasteiger partial charge on any atom is 0.223 e. The van der Waals surface area contributed by atoms with Gasteiger partial charge in [0, 0.05) is 25.6 Å². The molecule has 20 heavy (non-hydrogen) atoms. The molecule has 3 N–H and O–H groups in total. The van der Waals surface area contributed by atoms with Gasteiger partial charge in [-0.25, -0.2) is 0 Å². The monoisotopic (exact) mass is 278 g/mol. The number of ether oxygens (including phenoxy) is 1. The third kappa shape index (κ3) is 2.51. The largest absolute Gasteiger partial charge is 0.492 e. The molecule has 0 aromatic heterocycles. The molecule has 2 rings (SSSR count). The van der Waals surface area contributed by atoms with Gasteiger partial charge in [0.25, 0.3) is 0 Å². The van der Waals surface area contributed by atoms with E-state index in [0.29, 0.717) is 43.0 Å². The average Bonchev–Trinajstić information content (AvgIpc) is 2.58. The van der Waals surface area contributed by atoms with Gasteiger partial charge in [-0.05, 0) is 25.8 Å². The molecule has 0 bridgehead atoms. The Morgan fingerprint density at radius 3 is 2.90 bits per heavy atom. The van der Waals surface area contributed by atoms with Gasteiger partial charge >= 0.3 is 0 Å². The molecular weight excluding hydrogens is 256 g/mol. The molecule has 110 valence electrons. The van der Waals surface area contributed by atoms with E-state index >= 15 is 0 Å². The molecule has 1 aromatic rings. The van der Waals surface area contributed by atoms with Crippen LogP contribution >= 0.6 is 0 Å². The van der Waals surface area contributed by atoms with Gasteiger partial charge in [0.05, 0.1) is 12.3 Å². The molecule has 1 aliphatic heterocycles. The molecule has 0 fully saturated rings. The second-order valence-electron chi connectivity index (χ2n) is 5.10. The lowest BCUT2D eigenvalue weighted by atomic mass is 9.89. The first kappa shape index (κ1) is 14.8. The van der Waals surface area contributed by atoms with E-state index < -0.39 is 5.60 Å². The number of benzene rings is 1. The molecule has 1 atom stereocenters. The van der Waals surface area contributed by atoms with Crippen molar-refractivity contribution in [1.29, 1.82) is 0 Å². The molecule has 1 unspecified atom stereocenters. The first-order valence-electron chi connectivity index (χ1n) is 7.00. The number of carbonyl (C=O) groups is 1. The number of fused-ring (bicyclic) bond motifs is 1. The van der Waals surface area contributed by atoms with Crippen LogP contribution in [0.3, 0.4) is 0 Å². The lowest BCUT2D eigenvalue weighted by molar-refractivity contribution is -0.116. The Morgan fingerprint density at radius 1 is 1.55 bits per heavy atom. The summed E-state index contributed by atoms with van der Waals surface area (Å²) in [6.07, 6.45) is 1.24. The lowest BCUT2D eigenvalue weighted by Gasteiger charge is -2.29. The summed E-state index contributed by atoms with van der Waals surface area (Å²) in [6.45, 7) is 4.61. The van der Waals surface area contributed by atoms with E-state index in [1.54, 1.807) is 4.90 Å². The molecule has 0 saturated heterocycles. The minimum Gasteiger partial charge on any atom is -0.492 e. The SMILES string of the molecule is CCOc1cccc2c1N(C(C)=O)CCCC2(O)CN. The highest BCUT2D eigenvalue weighted by Crippen LogP contribution is 2.42. The van der Waals surface area contributed by atoms with E-state index in [0.717, 1.165) is 0 Å². The first-order chi connectivity index (χ1) is 9.53. The predicted octanol–water partition coefficient (Wildman–Crippen LogP) is 1.38. The average molecular weight is 278 g/mol. The Hall–Kier alpha value is -1.59. The van der Waals surface area contributed by atoms with Gasteiger partial charge in [-0.1, -0.05) is 12.1 Å². The van der Waals surface area contributed by atoms with Crippen molar-refractivity contribution in [2.24, 2.45) is 5.73 Å². The number of para-hydroxylation sites is 1. The molecular formula is C15H22N2O3. The molecule has 0 spiro atoms. The van der Waals surface area contributed by atoms with Gasteiger partial charge in [-0.15, -0.1) is 0 Å². The van der Waals surface area contributed by atoms with Gasteiger partial charge in [0.1, 0.15) is 11.4 Å². The molecule has 0 radical (unpaired) electrons. The number of carbonyl (C=O) groups excluding carboxylic acids is 1. The van der Waals surface area contributed by atoms with E-state index in [9.17, 15) is 9.90 Å². The first-order valence-corrected chi connectivity index (χ1v) is 7.00. The highest BCUT2D eigenvalue weighted by Gasteiger charge is 2.36. The highest BCUT2D eigenvalue weighted by atomic mass is 16.5. The zero-order valence-electron chi connectivity index (χ0n) is 12.1. The van der Waals surface area contributed by atoms with Crippen LogP contribution in [-0.4, -0.2) is 30.7 Å². The maximum absolute atomic E-state index is 11.9. The summed E-state index contributed by atoms with van der Waals surface area (Å²) in [6, 6.07) is 5.47. The summed E-state index contributed by atoms with van der Waals surface area (Å²) in [5.74, 6) is 0.564. The van der Waals surface area contributed by atoms with Crippen LogP contribution in [0, 0.1) is 0 Å². The molecule has 0 saturated carbocycles. The molecule has 1 heterocycles. The van der Waals surface area contributed by atoms with Gasteiger partial charge in [-0.3, -0.25) is 4.79 Å². The van der Waals surface area contributed by atoms with Crippen molar-refractivity contribution >= 4 is 11.6 Å². The Labute approximate surface area is 119 Å². The van der Waals surface area contributed by atoms with Crippen molar-refractivity contribution in [3.8, 4) is 5.75 Å². The Kier molecular flexibility index (Phi) is 4.30. The van der Waals surface area contributed by atoms with Crippen molar-refractivity contribution in [2.45, 2.75) is 32.3 Å². The third-order valence-corrected chi connectivity index (χ3v) is 3.76. The van der Waals surface area contributed by atoms with Crippen LogP contribution in [0.25, 0.3) is 0 Å². The van der Waals surface area contributed by atoms with Gasteiger partial charge < -0.3 is 20.5 Å². The van der Waals surface area contributed by atoms with Crippen LogP contribution in [-0.2, 0) is 10.4 Å².